The van der Waals surface area contributed by atoms with Crippen LogP contribution in [0.4, 0.5) is 0 Å². The summed E-state index contributed by atoms with van der Waals surface area (Å²) >= 11 is 7.62. The highest BCUT2D eigenvalue weighted by Crippen LogP contribution is 2.13. The van der Waals surface area contributed by atoms with Crippen molar-refractivity contribution in [2.75, 3.05) is 19.5 Å². The first kappa shape index (κ1) is 11.8. The number of aromatic nitrogens is 1. The monoisotopic (exact) mass is 231 g/mol. The lowest BCUT2D eigenvalue weighted by Crippen LogP contribution is -1.92. The van der Waals surface area contributed by atoms with Crippen LogP contribution in [0.1, 0.15) is 12.1 Å². The first-order valence-electron chi connectivity index (χ1n) is 4.51. The normalized spacial score (nSPS) is 10.4. The maximum absolute atomic E-state index is 5.77. The Morgan fingerprint density at radius 1 is 1.50 bits per heavy atom. The summed E-state index contributed by atoms with van der Waals surface area (Å²) in [6.45, 7) is 0.829. The predicted molar refractivity (Wildman–Crippen MR) is 61.9 cm³/mol. The minimum absolute atomic E-state index is 0.569. The van der Waals surface area contributed by atoms with Crippen LogP contribution in [0.2, 0.25) is 5.15 Å². The van der Waals surface area contributed by atoms with Gasteiger partial charge in [-0.15, -0.1) is 0 Å². The average Bonchev–Trinajstić information content (AvgIpc) is 2.18. The highest BCUT2D eigenvalue weighted by atomic mass is 35.5. The van der Waals surface area contributed by atoms with Crippen molar-refractivity contribution in [1.29, 1.82) is 0 Å². The molecule has 0 aliphatic carbocycles. The van der Waals surface area contributed by atoms with Crippen LogP contribution in [0, 0.1) is 0 Å². The molecule has 0 saturated heterocycles. The summed E-state index contributed by atoms with van der Waals surface area (Å²) < 4.78 is 4.96. The summed E-state index contributed by atoms with van der Waals surface area (Å²) in [5.74, 6) is 2.02. The summed E-state index contributed by atoms with van der Waals surface area (Å²) in [4.78, 5) is 4.20. The molecular weight excluding hydrogens is 218 g/mol. The third kappa shape index (κ3) is 4.84. The van der Waals surface area contributed by atoms with Gasteiger partial charge in [0, 0.05) is 19.5 Å². The van der Waals surface area contributed by atoms with E-state index in [0.717, 1.165) is 30.2 Å². The van der Waals surface area contributed by atoms with Crippen molar-refractivity contribution in [3.05, 3.63) is 29.0 Å². The summed E-state index contributed by atoms with van der Waals surface area (Å²) in [5, 5.41) is 0.569. The van der Waals surface area contributed by atoms with Crippen LogP contribution in [0.3, 0.4) is 0 Å². The average molecular weight is 232 g/mol. The molecule has 0 aromatic carbocycles. The molecule has 2 nitrogen and oxygen atoms in total. The zero-order valence-electron chi connectivity index (χ0n) is 8.20. The van der Waals surface area contributed by atoms with E-state index in [1.165, 1.54) is 0 Å². The molecule has 0 atom stereocenters. The first-order chi connectivity index (χ1) is 6.83. The predicted octanol–water partition coefficient (Wildman–Crippen LogP) is 3.00. The van der Waals surface area contributed by atoms with Crippen molar-refractivity contribution >= 4 is 23.4 Å². The maximum atomic E-state index is 5.77. The number of nitrogens with zero attached hydrogens (tertiary/aromatic N) is 1. The van der Waals surface area contributed by atoms with Gasteiger partial charge in [-0.25, -0.2) is 4.98 Å². The third-order valence-corrected chi connectivity index (χ3v) is 2.95. The Morgan fingerprint density at radius 3 is 3.07 bits per heavy atom. The van der Waals surface area contributed by atoms with Crippen molar-refractivity contribution in [2.24, 2.45) is 0 Å². The van der Waals surface area contributed by atoms with Crippen molar-refractivity contribution in [3.63, 3.8) is 0 Å². The van der Waals surface area contributed by atoms with E-state index in [1.54, 1.807) is 13.2 Å². The van der Waals surface area contributed by atoms with Gasteiger partial charge in [0.1, 0.15) is 5.15 Å². The molecule has 0 aliphatic rings. The molecule has 1 rings (SSSR count). The molecule has 0 radical (unpaired) electrons. The quantitative estimate of drug-likeness (QED) is 0.555. The van der Waals surface area contributed by atoms with E-state index in [-0.39, 0.29) is 0 Å². The summed E-state index contributed by atoms with van der Waals surface area (Å²) in [7, 11) is 1.73. The summed E-state index contributed by atoms with van der Waals surface area (Å²) in [6.07, 6.45) is 1.09. The lowest BCUT2D eigenvalue weighted by Gasteiger charge is -2.01. The van der Waals surface area contributed by atoms with Crippen molar-refractivity contribution < 1.29 is 4.74 Å². The Morgan fingerprint density at radius 2 is 2.36 bits per heavy atom. The van der Waals surface area contributed by atoms with Gasteiger partial charge in [0.2, 0.25) is 0 Å². The molecule has 0 saturated carbocycles. The molecular formula is C10H14ClNOS. The summed E-state index contributed by atoms with van der Waals surface area (Å²) in [5.41, 5.74) is 1.04. The van der Waals surface area contributed by atoms with Gasteiger partial charge in [-0.05, 0) is 24.3 Å². The van der Waals surface area contributed by atoms with E-state index >= 15 is 0 Å². The van der Waals surface area contributed by atoms with E-state index in [9.17, 15) is 0 Å². The first-order valence-corrected chi connectivity index (χ1v) is 6.04. The molecule has 4 heteroatoms. The second-order valence-corrected chi connectivity index (χ2v) is 4.34. The van der Waals surface area contributed by atoms with Gasteiger partial charge in [-0.1, -0.05) is 17.7 Å². The number of rotatable bonds is 6. The SMILES string of the molecule is COCCCSCc1cccc(Cl)n1. The number of hydrogen-bond acceptors (Lipinski definition) is 3. The number of halogens is 1. The fourth-order valence-corrected chi connectivity index (χ4v) is 2.03. The van der Waals surface area contributed by atoms with Gasteiger partial charge in [-0.2, -0.15) is 11.8 Å². The Balaban J connectivity index is 2.18. The Bertz CT molecular complexity index is 270. The van der Waals surface area contributed by atoms with E-state index in [2.05, 4.69) is 4.98 Å². The lowest BCUT2D eigenvalue weighted by atomic mass is 10.4. The fraction of sp³-hybridized carbons (Fsp3) is 0.500. The molecule has 78 valence electrons. The van der Waals surface area contributed by atoms with Crippen molar-refractivity contribution in [1.82, 2.24) is 4.98 Å². The van der Waals surface area contributed by atoms with Gasteiger partial charge in [-0.3, -0.25) is 0 Å². The Kier molecular flexibility index (Phi) is 5.99. The van der Waals surface area contributed by atoms with E-state index in [0.29, 0.717) is 5.15 Å². The van der Waals surface area contributed by atoms with Crippen LogP contribution in [-0.2, 0) is 10.5 Å². The zero-order chi connectivity index (χ0) is 10.2. The maximum Gasteiger partial charge on any atom is 0.129 e. The molecule has 0 fully saturated rings. The van der Waals surface area contributed by atoms with Gasteiger partial charge in [0.25, 0.3) is 0 Å². The molecule has 0 spiro atoms. The van der Waals surface area contributed by atoms with Crippen molar-refractivity contribution in [3.8, 4) is 0 Å². The highest BCUT2D eigenvalue weighted by molar-refractivity contribution is 7.98. The van der Waals surface area contributed by atoms with Crippen LogP contribution in [0.25, 0.3) is 0 Å². The molecule has 0 unspecified atom stereocenters. The number of pyridine rings is 1. The molecule has 0 N–H and O–H groups in total. The minimum Gasteiger partial charge on any atom is -0.385 e. The van der Waals surface area contributed by atoms with E-state index in [4.69, 9.17) is 16.3 Å². The van der Waals surface area contributed by atoms with Crippen LogP contribution in [0.5, 0.6) is 0 Å². The van der Waals surface area contributed by atoms with Crippen LogP contribution in [-0.4, -0.2) is 24.5 Å². The molecule has 1 aromatic heterocycles. The zero-order valence-corrected chi connectivity index (χ0v) is 9.77. The number of methoxy groups -OCH3 is 1. The largest absolute Gasteiger partial charge is 0.385 e. The standard InChI is InChI=1S/C10H14ClNOS/c1-13-6-3-7-14-8-9-4-2-5-10(11)12-9/h2,4-5H,3,6-8H2,1H3. The van der Waals surface area contributed by atoms with Gasteiger partial charge >= 0.3 is 0 Å². The second kappa shape index (κ2) is 7.10. The van der Waals surface area contributed by atoms with E-state index in [1.807, 2.05) is 23.9 Å². The van der Waals surface area contributed by atoms with Crippen molar-refractivity contribution in [2.45, 2.75) is 12.2 Å². The Labute approximate surface area is 94.0 Å². The third-order valence-electron chi connectivity index (χ3n) is 1.66. The molecule has 0 bridgehead atoms. The van der Waals surface area contributed by atoms with Gasteiger partial charge in [0.15, 0.2) is 0 Å². The fourth-order valence-electron chi connectivity index (χ4n) is 1.01. The van der Waals surface area contributed by atoms with E-state index < -0.39 is 0 Å². The second-order valence-electron chi connectivity index (χ2n) is 2.85. The topological polar surface area (TPSA) is 22.1 Å². The number of thioether (sulfide) groups is 1. The summed E-state index contributed by atoms with van der Waals surface area (Å²) in [6, 6.07) is 5.72. The molecule has 0 aliphatic heterocycles. The van der Waals surface area contributed by atoms with Crippen LogP contribution >= 0.6 is 23.4 Å². The van der Waals surface area contributed by atoms with Crippen LogP contribution in [0.15, 0.2) is 18.2 Å². The van der Waals surface area contributed by atoms with Gasteiger partial charge in [0.05, 0.1) is 5.69 Å². The van der Waals surface area contributed by atoms with Gasteiger partial charge < -0.3 is 4.74 Å². The minimum atomic E-state index is 0.569. The molecule has 1 heterocycles. The number of ether oxygens (including phenoxy) is 1. The van der Waals surface area contributed by atoms with Crippen LogP contribution < -0.4 is 0 Å². The smallest absolute Gasteiger partial charge is 0.129 e. The lowest BCUT2D eigenvalue weighted by molar-refractivity contribution is 0.200. The number of hydrogen-bond donors (Lipinski definition) is 0. The Hall–Kier alpha value is -0.250. The highest BCUT2D eigenvalue weighted by Gasteiger charge is 1.96. The molecule has 14 heavy (non-hydrogen) atoms. The molecule has 1 aromatic rings. The molecule has 0 amide bonds.